The first-order valence-electron chi connectivity index (χ1n) is 9.73. The van der Waals surface area contributed by atoms with E-state index in [2.05, 4.69) is 19.6 Å². The maximum Gasteiger partial charge on any atom is 0.345 e. The lowest BCUT2D eigenvalue weighted by atomic mass is 10.0. The first-order valence-corrected chi connectivity index (χ1v) is 13.4. The lowest BCUT2D eigenvalue weighted by molar-refractivity contribution is -0.128. The Bertz CT molecular complexity index is 823. The number of carbonyl (C=O) groups is 3. The van der Waals surface area contributed by atoms with E-state index in [-0.39, 0.29) is 35.2 Å². The molecular weight excluding hydrogens is 408 g/mol. The first-order chi connectivity index (χ1) is 13.8. The number of rotatable bonds is 10. The van der Waals surface area contributed by atoms with Crippen molar-refractivity contribution in [1.29, 1.82) is 0 Å². The van der Waals surface area contributed by atoms with Crippen molar-refractivity contribution in [2.75, 3.05) is 13.4 Å². The van der Waals surface area contributed by atoms with Crippen molar-refractivity contribution in [3.63, 3.8) is 0 Å². The number of hydrogen-bond acceptors (Lipinski definition) is 8. The first kappa shape index (κ1) is 23.9. The maximum absolute atomic E-state index is 12.5. The van der Waals surface area contributed by atoms with Gasteiger partial charge in [-0.25, -0.2) is 4.79 Å². The number of hydrogen-bond donors (Lipinski definition) is 0. The maximum atomic E-state index is 12.5. The van der Waals surface area contributed by atoms with Crippen LogP contribution in [-0.2, 0) is 14.3 Å². The molecule has 0 fully saturated rings. The molecule has 0 atom stereocenters. The molecule has 0 unspecified atom stereocenters. The van der Waals surface area contributed by atoms with Crippen molar-refractivity contribution in [2.45, 2.75) is 64.8 Å². The average Bonchev–Trinajstić information content (AvgIpc) is 2.60. The van der Waals surface area contributed by atoms with E-state index in [1.807, 2.05) is 0 Å². The molecule has 0 spiro atoms. The molecule has 0 saturated heterocycles. The zero-order valence-electron chi connectivity index (χ0n) is 18.6. The fourth-order valence-electron chi connectivity index (χ4n) is 2.60. The van der Waals surface area contributed by atoms with Gasteiger partial charge in [-0.2, -0.15) is 0 Å². The molecule has 0 N–H and O–H groups in total. The summed E-state index contributed by atoms with van der Waals surface area (Å²) in [6, 6.07) is 2.33. The molecule has 8 nitrogen and oxygen atoms in total. The van der Waals surface area contributed by atoms with Gasteiger partial charge in [0.15, 0.2) is 42.2 Å². The molecule has 1 aliphatic heterocycles. The van der Waals surface area contributed by atoms with E-state index in [9.17, 15) is 14.4 Å². The van der Waals surface area contributed by atoms with Gasteiger partial charge in [0.05, 0.1) is 0 Å². The molecule has 0 radical (unpaired) electrons. The van der Waals surface area contributed by atoms with E-state index in [0.717, 1.165) is 6.04 Å². The van der Waals surface area contributed by atoms with Crippen molar-refractivity contribution < 1.29 is 38.1 Å². The highest BCUT2D eigenvalue weighted by molar-refractivity contribution is 6.76. The fourth-order valence-corrected chi connectivity index (χ4v) is 3.36. The normalized spacial score (nSPS) is 15.5. The van der Waals surface area contributed by atoms with E-state index in [4.69, 9.17) is 23.7 Å². The smallest absolute Gasteiger partial charge is 0.345 e. The number of esters is 1. The summed E-state index contributed by atoms with van der Waals surface area (Å²) in [7, 11) is -1.26. The monoisotopic (exact) mass is 438 g/mol. The minimum absolute atomic E-state index is 0.000136. The number of carbonyl (C=O) groups excluding carboxylic acids is 3. The number of fused-ring (bicyclic) bond motifs is 1. The van der Waals surface area contributed by atoms with E-state index < -0.39 is 25.4 Å². The molecule has 166 valence electrons. The standard InChI is InChI=1S/C21H30O8Si/c1-20(2,12-23)27-18-15(11-22)17-14(19(24)29-21(3,4)28-17)10-16(18)26-13-25-8-9-30(5,6)7/h10-12H,8-9,13H2,1-7H3. The lowest BCUT2D eigenvalue weighted by Gasteiger charge is -2.33. The Labute approximate surface area is 177 Å². The minimum atomic E-state index is -1.26. The zero-order valence-corrected chi connectivity index (χ0v) is 19.6. The highest BCUT2D eigenvalue weighted by atomic mass is 28.3. The number of ether oxygens (including phenoxy) is 5. The van der Waals surface area contributed by atoms with Crippen molar-refractivity contribution >= 4 is 26.6 Å². The van der Waals surface area contributed by atoms with Crippen LogP contribution in [0.5, 0.6) is 17.2 Å². The summed E-state index contributed by atoms with van der Waals surface area (Å²) < 4.78 is 28.0. The highest BCUT2D eigenvalue weighted by Crippen LogP contribution is 2.44. The lowest BCUT2D eigenvalue weighted by Crippen LogP contribution is -2.39. The number of aldehydes is 2. The van der Waals surface area contributed by atoms with Gasteiger partial charge in [-0.3, -0.25) is 9.59 Å². The molecule has 0 saturated carbocycles. The Morgan fingerprint density at radius 3 is 2.40 bits per heavy atom. The Morgan fingerprint density at radius 1 is 1.17 bits per heavy atom. The summed E-state index contributed by atoms with van der Waals surface area (Å²) in [5.74, 6) is -1.81. The van der Waals surface area contributed by atoms with Crippen LogP contribution < -0.4 is 14.2 Å². The second kappa shape index (κ2) is 8.77. The van der Waals surface area contributed by atoms with Crippen LogP contribution >= 0.6 is 0 Å². The molecule has 0 amide bonds. The molecule has 2 rings (SSSR count). The predicted molar refractivity (Wildman–Crippen MR) is 112 cm³/mol. The highest BCUT2D eigenvalue weighted by Gasteiger charge is 2.39. The molecule has 1 aromatic carbocycles. The van der Waals surface area contributed by atoms with Gasteiger partial charge in [0, 0.05) is 34.6 Å². The van der Waals surface area contributed by atoms with Crippen LogP contribution in [0.3, 0.4) is 0 Å². The molecule has 1 aliphatic rings. The third-order valence-electron chi connectivity index (χ3n) is 4.20. The second-order valence-corrected chi connectivity index (χ2v) is 14.9. The van der Waals surface area contributed by atoms with Crippen LogP contribution in [0, 0.1) is 0 Å². The van der Waals surface area contributed by atoms with Crippen molar-refractivity contribution in [2.24, 2.45) is 0 Å². The molecule has 30 heavy (non-hydrogen) atoms. The van der Waals surface area contributed by atoms with E-state index >= 15 is 0 Å². The Balaban J connectivity index is 2.41. The molecule has 9 heteroatoms. The molecular formula is C21H30O8Si. The third-order valence-corrected chi connectivity index (χ3v) is 5.90. The Hall–Kier alpha value is -2.39. The molecule has 0 aliphatic carbocycles. The summed E-state index contributed by atoms with van der Waals surface area (Å²) in [6.07, 6.45) is 1.11. The summed E-state index contributed by atoms with van der Waals surface area (Å²) in [5.41, 5.74) is -1.25. The number of benzene rings is 1. The molecule has 1 heterocycles. The van der Waals surface area contributed by atoms with Gasteiger partial charge in [-0.05, 0) is 19.9 Å². The van der Waals surface area contributed by atoms with Crippen LogP contribution in [0.1, 0.15) is 48.4 Å². The second-order valence-electron chi connectivity index (χ2n) is 9.31. The Kier molecular flexibility index (Phi) is 6.98. The van der Waals surface area contributed by atoms with Crippen molar-refractivity contribution in [1.82, 2.24) is 0 Å². The quantitative estimate of drug-likeness (QED) is 0.179. The van der Waals surface area contributed by atoms with Gasteiger partial charge in [0.2, 0.25) is 5.79 Å². The summed E-state index contributed by atoms with van der Waals surface area (Å²) in [4.78, 5) is 35.8. The van der Waals surface area contributed by atoms with Gasteiger partial charge in [-0.1, -0.05) is 19.6 Å². The van der Waals surface area contributed by atoms with E-state index in [0.29, 0.717) is 19.2 Å². The zero-order chi connectivity index (χ0) is 22.7. The molecule has 0 bridgehead atoms. The van der Waals surface area contributed by atoms with Crippen LogP contribution in [0.4, 0.5) is 0 Å². The van der Waals surface area contributed by atoms with Gasteiger partial charge in [-0.15, -0.1) is 0 Å². The SMILES string of the molecule is CC(C)(C=O)Oc1c(OCOCC[Si](C)(C)C)cc2c(c1C=O)OC(C)(C)OC2=O. The largest absolute Gasteiger partial charge is 0.476 e. The summed E-state index contributed by atoms with van der Waals surface area (Å²) >= 11 is 0. The van der Waals surface area contributed by atoms with Crippen LogP contribution in [-0.4, -0.2) is 51.4 Å². The van der Waals surface area contributed by atoms with Crippen LogP contribution in [0.15, 0.2) is 6.07 Å². The fraction of sp³-hybridized carbons (Fsp3) is 0.571. The molecule has 1 aromatic rings. The number of cyclic esters (lactones) is 1. The van der Waals surface area contributed by atoms with Crippen molar-refractivity contribution in [3.8, 4) is 17.2 Å². The predicted octanol–water partition coefficient (Wildman–Crippen LogP) is 3.83. The van der Waals surface area contributed by atoms with Crippen molar-refractivity contribution in [3.05, 3.63) is 17.2 Å². The van der Waals surface area contributed by atoms with Gasteiger partial charge in [0.1, 0.15) is 11.1 Å². The third kappa shape index (κ3) is 6.05. The topological polar surface area (TPSA) is 97.4 Å². The Morgan fingerprint density at radius 2 is 1.83 bits per heavy atom. The summed E-state index contributed by atoms with van der Waals surface area (Å²) in [6.45, 7) is 13.3. The minimum Gasteiger partial charge on any atom is -0.476 e. The van der Waals surface area contributed by atoms with Crippen LogP contribution in [0.25, 0.3) is 0 Å². The van der Waals surface area contributed by atoms with Crippen LogP contribution in [0.2, 0.25) is 25.7 Å². The van der Waals surface area contributed by atoms with Gasteiger partial charge in [0.25, 0.3) is 0 Å². The van der Waals surface area contributed by atoms with Gasteiger partial charge >= 0.3 is 5.97 Å². The summed E-state index contributed by atoms with van der Waals surface area (Å²) in [5, 5.41) is 0. The van der Waals surface area contributed by atoms with E-state index in [1.165, 1.54) is 6.07 Å². The van der Waals surface area contributed by atoms with E-state index in [1.54, 1.807) is 27.7 Å². The molecule has 0 aromatic heterocycles. The average molecular weight is 439 g/mol. The van der Waals surface area contributed by atoms with Gasteiger partial charge < -0.3 is 23.7 Å².